The van der Waals surface area contributed by atoms with E-state index in [2.05, 4.69) is 4.98 Å². The van der Waals surface area contributed by atoms with Gasteiger partial charge >= 0.3 is 0 Å². The standard InChI is InChI=1S/C5H5NO2S/c1-9-5(7)4-2-6-3-8-4/h2-3H,1H3. The van der Waals surface area contributed by atoms with E-state index in [1.807, 2.05) is 0 Å². The van der Waals surface area contributed by atoms with Crippen molar-refractivity contribution < 1.29 is 9.21 Å². The van der Waals surface area contributed by atoms with Crippen LogP contribution >= 0.6 is 11.8 Å². The zero-order valence-electron chi connectivity index (χ0n) is 4.83. The molecule has 0 aromatic carbocycles. The van der Waals surface area contributed by atoms with E-state index in [9.17, 15) is 4.79 Å². The van der Waals surface area contributed by atoms with Gasteiger partial charge in [0, 0.05) is 0 Å². The van der Waals surface area contributed by atoms with Crippen LogP contribution in [0.5, 0.6) is 0 Å². The van der Waals surface area contributed by atoms with Crippen molar-refractivity contribution in [1.29, 1.82) is 0 Å². The molecule has 9 heavy (non-hydrogen) atoms. The second kappa shape index (κ2) is 2.68. The monoisotopic (exact) mass is 143 g/mol. The number of nitrogens with zero attached hydrogens (tertiary/aromatic N) is 1. The summed E-state index contributed by atoms with van der Waals surface area (Å²) in [6, 6.07) is 0. The van der Waals surface area contributed by atoms with Gasteiger partial charge in [-0.3, -0.25) is 4.79 Å². The van der Waals surface area contributed by atoms with Gasteiger partial charge < -0.3 is 4.42 Å². The van der Waals surface area contributed by atoms with Crippen LogP contribution in [0.4, 0.5) is 0 Å². The van der Waals surface area contributed by atoms with E-state index in [4.69, 9.17) is 4.42 Å². The van der Waals surface area contributed by atoms with Crippen molar-refractivity contribution in [2.75, 3.05) is 6.26 Å². The van der Waals surface area contributed by atoms with E-state index < -0.39 is 0 Å². The first-order valence-corrected chi connectivity index (χ1v) is 3.54. The number of aromatic nitrogens is 1. The number of rotatable bonds is 1. The summed E-state index contributed by atoms with van der Waals surface area (Å²) in [6.07, 6.45) is 4.34. The summed E-state index contributed by atoms with van der Waals surface area (Å²) in [5.41, 5.74) is 0. The highest BCUT2D eigenvalue weighted by Gasteiger charge is 2.05. The van der Waals surface area contributed by atoms with Crippen LogP contribution < -0.4 is 0 Å². The highest BCUT2D eigenvalue weighted by molar-refractivity contribution is 8.13. The third-order valence-corrected chi connectivity index (χ3v) is 1.39. The van der Waals surface area contributed by atoms with Crippen molar-refractivity contribution in [1.82, 2.24) is 4.98 Å². The molecule has 1 rings (SSSR count). The van der Waals surface area contributed by atoms with Gasteiger partial charge in [0.1, 0.15) is 0 Å². The van der Waals surface area contributed by atoms with Gasteiger partial charge in [0.2, 0.25) is 5.76 Å². The molecule has 0 unspecified atom stereocenters. The molecule has 0 spiro atoms. The van der Waals surface area contributed by atoms with Crippen LogP contribution in [0.25, 0.3) is 0 Å². The predicted molar refractivity (Wildman–Crippen MR) is 34.3 cm³/mol. The molecule has 0 N–H and O–H groups in total. The molecule has 0 aliphatic rings. The zero-order valence-corrected chi connectivity index (χ0v) is 5.64. The lowest BCUT2D eigenvalue weighted by atomic mass is 10.6. The maximum Gasteiger partial charge on any atom is 0.256 e. The molecule has 0 amide bonds. The fourth-order valence-corrected chi connectivity index (χ4v) is 0.719. The van der Waals surface area contributed by atoms with Gasteiger partial charge in [-0.25, -0.2) is 4.98 Å². The summed E-state index contributed by atoms with van der Waals surface area (Å²) in [6.45, 7) is 0. The van der Waals surface area contributed by atoms with Crippen LogP contribution in [-0.4, -0.2) is 16.4 Å². The topological polar surface area (TPSA) is 43.1 Å². The van der Waals surface area contributed by atoms with Crippen molar-refractivity contribution >= 4 is 16.9 Å². The lowest BCUT2D eigenvalue weighted by Crippen LogP contribution is -1.86. The van der Waals surface area contributed by atoms with Crippen LogP contribution in [0, 0.1) is 0 Å². The van der Waals surface area contributed by atoms with Gasteiger partial charge in [-0.05, 0) is 6.26 Å². The van der Waals surface area contributed by atoms with Crippen molar-refractivity contribution in [3.63, 3.8) is 0 Å². The Morgan fingerprint density at radius 3 is 3.11 bits per heavy atom. The fourth-order valence-electron chi connectivity index (χ4n) is 0.417. The maximum absolute atomic E-state index is 10.7. The number of thioether (sulfide) groups is 1. The molecular weight excluding hydrogens is 138 g/mol. The number of oxazole rings is 1. The summed E-state index contributed by atoms with van der Waals surface area (Å²) in [5, 5.41) is -0.0903. The average Bonchev–Trinajstić information content (AvgIpc) is 2.37. The van der Waals surface area contributed by atoms with Gasteiger partial charge in [0.25, 0.3) is 5.12 Å². The Morgan fingerprint density at radius 1 is 1.89 bits per heavy atom. The first-order valence-electron chi connectivity index (χ1n) is 2.31. The van der Waals surface area contributed by atoms with E-state index >= 15 is 0 Å². The summed E-state index contributed by atoms with van der Waals surface area (Å²) >= 11 is 1.11. The Bertz CT molecular complexity index is 195. The zero-order chi connectivity index (χ0) is 6.69. The minimum atomic E-state index is -0.0903. The van der Waals surface area contributed by atoms with Crippen LogP contribution in [0.3, 0.4) is 0 Å². The third-order valence-electron chi connectivity index (χ3n) is 0.819. The van der Waals surface area contributed by atoms with Crippen LogP contribution in [0.15, 0.2) is 17.0 Å². The molecule has 0 aliphatic carbocycles. The second-order valence-electron chi connectivity index (χ2n) is 1.36. The summed E-state index contributed by atoms with van der Waals surface area (Å²) in [7, 11) is 0. The van der Waals surface area contributed by atoms with Gasteiger partial charge in [-0.2, -0.15) is 0 Å². The molecule has 1 aromatic heterocycles. The molecule has 0 atom stereocenters. The highest BCUT2D eigenvalue weighted by atomic mass is 32.2. The minimum absolute atomic E-state index is 0.0903. The Kier molecular flexibility index (Phi) is 1.89. The average molecular weight is 143 g/mol. The molecule has 48 valence electrons. The number of hydrogen-bond donors (Lipinski definition) is 0. The van der Waals surface area contributed by atoms with Crippen LogP contribution in [0.2, 0.25) is 0 Å². The Labute approximate surface area is 56.5 Å². The summed E-state index contributed by atoms with van der Waals surface area (Å²) in [4.78, 5) is 14.3. The first kappa shape index (κ1) is 6.35. The van der Waals surface area contributed by atoms with E-state index in [1.165, 1.54) is 12.6 Å². The fraction of sp³-hybridized carbons (Fsp3) is 0.200. The molecule has 0 bridgehead atoms. The van der Waals surface area contributed by atoms with Crippen LogP contribution in [0.1, 0.15) is 10.6 Å². The Morgan fingerprint density at radius 2 is 2.67 bits per heavy atom. The highest BCUT2D eigenvalue weighted by Crippen LogP contribution is 2.06. The molecule has 0 aliphatic heterocycles. The molecule has 1 aromatic rings. The lowest BCUT2D eigenvalue weighted by Gasteiger charge is -1.84. The van der Waals surface area contributed by atoms with E-state index in [0.717, 1.165) is 11.8 Å². The second-order valence-corrected chi connectivity index (χ2v) is 2.14. The van der Waals surface area contributed by atoms with Gasteiger partial charge in [-0.1, -0.05) is 11.8 Å². The smallest absolute Gasteiger partial charge is 0.256 e. The van der Waals surface area contributed by atoms with Crippen molar-refractivity contribution in [3.05, 3.63) is 18.4 Å². The van der Waals surface area contributed by atoms with Gasteiger partial charge in [0.05, 0.1) is 6.20 Å². The molecule has 3 nitrogen and oxygen atoms in total. The SMILES string of the molecule is CSC(=O)c1cnco1. The Balaban J connectivity index is 2.77. The summed E-state index contributed by atoms with van der Waals surface area (Å²) < 4.78 is 4.70. The normalized spacial score (nSPS) is 9.44. The van der Waals surface area contributed by atoms with Crippen molar-refractivity contribution in [3.8, 4) is 0 Å². The molecule has 0 saturated heterocycles. The van der Waals surface area contributed by atoms with Gasteiger partial charge in [0.15, 0.2) is 6.39 Å². The molecule has 0 saturated carbocycles. The number of carbonyl (C=O) groups is 1. The number of carbonyl (C=O) groups excluding carboxylic acids is 1. The first-order chi connectivity index (χ1) is 4.34. The minimum Gasteiger partial charge on any atom is -0.439 e. The molecule has 0 fully saturated rings. The van der Waals surface area contributed by atoms with E-state index in [-0.39, 0.29) is 5.12 Å². The van der Waals surface area contributed by atoms with E-state index in [0.29, 0.717) is 5.76 Å². The quantitative estimate of drug-likeness (QED) is 0.592. The molecule has 4 heteroatoms. The van der Waals surface area contributed by atoms with E-state index in [1.54, 1.807) is 6.26 Å². The molecule has 1 heterocycles. The number of hydrogen-bond acceptors (Lipinski definition) is 4. The van der Waals surface area contributed by atoms with Gasteiger partial charge in [-0.15, -0.1) is 0 Å². The third kappa shape index (κ3) is 1.32. The predicted octanol–water partition coefficient (Wildman–Crippen LogP) is 1.18. The largest absolute Gasteiger partial charge is 0.439 e. The Hall–Kier alpha value is -0.770. The molecule has 0 radical (unpaired) electrons. The molecular formula is C5H5NO2S. The van der Waals surface area contributed by atoms with Crippen molar-refractivity contribution in [2.45, 2.75) is 0 Å². The summed E-state index contributed by atoms with van der Waals surface area (Å²) in [5.74, 6) is 0.308. The van der Waals surface area contributed by atoms with Crippen LogP contribution in [-0.2, 0) is 0 Å². The van der Waals surface area contributed by atoms with Crippen molar-refractivity contribution in [2.24, 2.45) is 0 Å². The lowest BCUT2D eigenvalue weighted by molar-refractivity contribution is 0.106. The maximum atomic E-state index is 10.7.